The van der Waals surface area contributed by atoms with Gasteiger partial charge in [-0.1, -0.05) is 6.07 Å². The molecule has 1 amide bonds. The first kappa shape index (κ1) is 21.0. The molecule has 0 atom stereocenters. The molecule has 0 aliphatic carbocycles. The van der Waals surface area contributed by atoms with Crippen LogP contribution >= 0.6 is 0 Å². The van der Waals surface area contributed by atoms with E-state index < -0.39 is 0 Å². The van der Waals surface area contributed by atoms with E-state index in [4.69, 9.17) is 19.9 Å². The van der Waals surface area contributed by atoms with Crippen LogP contribution in [0.5, 0.6) is 23.0 Å². The SMILES string of the molecule is COc1cc(Oc2cc(C(=O)NCC3CCNCC3)ccc2OC)ccc1CN. The van der Waals surface area contributed by atoms with E-state index in [9.17, 15) is 4.79 Å². The fraction of sp³-hybridized carbons (Fsp3) is 0.409. The van der Waals surface area contributed by atoms with Gasteiger partial charge in [0.2, 0.25) is 0 Å². The van der Waals surface area contributed by atoms with E-state index in [0.717, 1.165) is 31.5 Å². The normalized spacial score (nSPS) is 14.3. The standard InChI is InChI=1S/C22H29N3O4/c1-27-19-6-4-16(22(26)25-14-15-7-9-24-10-8-15)11-21(19)29-18-5-3-17(13-23)20(12-18)28-2/h3-6,11-12,15,24H,7-10,13-14,23H2,1-2H3,(H,25,26). The average molecular weight is 399 g/mol. The molecule has 1 heterocycles. The highest BCUT2D eigenvalue weighted by molar-refractivity contribution is 5.94. The van der Waals surface area contributed by atoms with Gasteiger partial charge in [0.05, 0.1) is 14.2 Å². The highest BCUT2D eigenvalue weighted by atomic mass is 16.5. The van der Waals surface area contributed by atoms with Gasteiger partial charge in [-0.3, -0.25) is 4.79 Å². The number of rotatable bonds is 8. The van der Waals surface area contributed by atoms with Crippen molar-refractivity contribution >= 4 is 5.91 Å². The Morgan fingerprint density at radius 3 is 2.52 bits per heavy atom. The van der Waals surface area contributed by atoms with Crippen LogP contribution in [-0.2, 0) is 6.54 Å². The zero-order valence-electron chi connectivity index (χ0n) is 17.0. The largest absolute Gasteiger partial charge is 0.496 e. The summed E-state index contributed by atoms with van der Waals surface area (Å²) < 4.78 is 16.8. The zero-order valence-corrected chi connectivity index (χ0v) is 17.0. The number of carbonyl (C=O) groups excluding carboxylic acids is 1. The molecule has 7 heteroatoms. The van der Waals surface area contributed by atoms with Crippen molar-refractivity contribution in [3.63, 3.8) is 0 Å². The van der Waals surface area contributed by atoms with E-state index in [2.05, 4.69) is 10.6 Å². The van der Waals surface area contributed by atoms with Gasteiger partial charge in [-0.05, 0) is 56.1 Å². The number of piperidine rings is 1. The maximum absolute atomic E-state index is 12.6. The number of hydrogen-bond acceptors (Lipinski definition) is 6. The average Bonchev–Trinajstić information content (AvgIpc) is 2.78. The van der Waals surface area contributed by atoms with Gasteiger partial charge < -0.3 is 30.6 Å². The van der Waals surface area contributed by atoms with E-state index in [1.807, 2.05) is 12.1 Å². The molecule has 7 nitrogen and oxygen atoms in total. The highest BCUT2D eigenvalue weighted by Crippen LogP contribution is 2.34. The molecule has 2 aromatic carbocycles. The molecule has 2 aromatic rings. The smallest absolute Gasteiger partial charge is 0.251 e. The molecule has 1 aliphatic heterocycles. The molecular weight excluding hydrogens is 370 g/mol. The number of hydrogen-bond donors (Lipinski definition) is 3. The minimum absolute atomic E-state index is 0.118. The molecule has 0 spiro atoms. The maximum Gasteiger partial charge on any atom is 0.251 e. The number of ether oxygens (including phenoxy) is 3. The van der Waals surface area contributed by atoms with Crippen LogP contribution in [0.3, 0.4) is 0 Å². The Morgan fingerprint density at radius 2 is 1.83 bits per heavy atom. The second kappa shape index (κ2) is 10.1. The molecule has 1 fully saturated rings. The molecule has 1 aliphatic rings. The highest BCUT2D eigenvalue weighted by Gasteiger charge is 2.16. The summed E-state index contributed by atoms with van der Waals surface area (Å²) in [6.45, 7) is 3.07. The molecule has 3 rings (SSSR count). The molecule has 4 N–H and O–H groups in total. The van der Waals surface area contributed by atoms with Crippen molar-refractivity contribution in [3.8, 4) is 23.0 Å². The van der Waals surface area contributed by atoms with Gasteiger partial charge in [-0.15, -0.1) is 0 Å². The van der Waals surface area contributed by atoms with Crippen molar-refractivity contribution in [2.75, 3.05) is 33.9 Å². The van der Waals surface area contributed by atoms with Crippen molar-refractivity contribution < 1.29 is 19.0 Å². The lowest BCUT2D eigenvalue weighted by Crippen LogP contribution is -2.35. The third-order valence-corrected chi connectivity index (χ3v) is 5.14. The van der Waals surface area contributed by atoms with E-state index in [0.29, 0.717) is 47.6 Å². The third kappa shape index (κ3) is 5.40. The topological polar surface area (TPSA) is 94.8 Å². The molecule has 29 heavy (non-hydrogen) atoms. The van der Waals surface area contributed by atoms with Crippen molar-refractivity contribution in [2.45, 2.75) is 19.4 Å². The van der Waals surface area contributed by atoms with Crippen LogP contribution in [0.2, 0.25) is 0 Å². The summed E-state index contributed by atoms with van der Waals surface area (Å²) in [7, 11) is 3.16. The molecular formula is C22H29N3O4. The number of methoxy groups -OCH3 is 2. The first-order valence-corrected chi connectivity index (χ1v) is 9.86. The Morgan fingerprint density at radius 1 is 1.07 bits per heavy atom. The number of amides is 1. The lowest BCUT2D eigenvalue weighted by molar-refractivity contribution is 0.0944. The van der Waals surface area contributed by atoms with Gasteiger partial charge in [0.1, 0.15) is 11.5 Å². The summed E-state index contributed by atoms with van der Waals surface area (Å²) in [4.78, 5) is 12.6. The van der Waals surface area contributed by atoms with Crippen LogP contribution in [0.15, 0.2) is 36.4 Å². The summed E-state index contributed by atoms with van der Waals surface area (Å²) in [5, 5.41) is 6.37. The van der Waals surface area contributed by atoms with Crippen LogP contribution in [0.25, 0.3) is 0 Å². The van der Waals surface area contributed by atoms with Gasteiger partial charge >= 0.3 is 0 Å². The van der Waals surface area contributed by atoms with E-state index in [1.54, 1.807) is 38.5 Å². The fourth-order valence-corrected chi connectivity index (χ4v) is 3.41. The molecule has 156 valence electrons. The predicted molar refractivity (Wildman–Crippen MR) is 112 cm³/mol. The summed E-state index contributed by atoms with van der Waals surface area (Å²) in [6, 6.07) is 10.6. The molecule has 0 unspecified atom stereocenters. The number of benzene rings is 2. The predicted octanol–water partition coefficient (Wildman–Crippen LogP) is 2.68. The Bertz CT molecular complexity index is 835. The molecule has 0 radical (unpaired) electrons. The second-order valence-corrected chi connectivity index (χ2v) is 7.05. The summed E-state index contributed by atoms with van der Waals surface area (Å²) >= 11 is 0. The van der Waals surface area contributed by atoms with Gasteiger partial charge in [0.25, 0.3) is 5.91 Å². The van der Waals surface area contributed by atoms with Crippen molar-refractivity contribution in [2.24, 2.45) is 11.7 Å². The number of nitrogens with one attached hydrogen (secondary N) is 2. The Balaban J connectivity index is 1.73. The Hall–Kier alpha value is -2.77. The first-order chi connectivity index (χ1) is 14.1. The van der Waals surface area contributed by atoms with E-state index in [1.165, 1.54) is 0 Å². The van der Waals surface area contributed by atoms with Crippen molar-refractivity contribution in [1.29, 1.82) is 0 Å². The minimum atomic E-state index is -0.118. The van der Waals surface area contributed by atoms with Gasteiger partial charge in [-0.2, -0.15) is 0 Å². The fourth-order valence-electron chi connectivity index (χ4n) is 3.41. The van der Waals surface area contributed by atoms with Crippen LogP contribution < -0.4 is 30.6 Å². The molecule has 0 aromatic heterocycles. The lowest BCUT2D eigenvalue weighted by Gasteiger charge is -2.22. The molecule has 0 saturated carbocycles. The van der Waals surface area contributed by atoms with Crippen LogP contribution in [-0.4, -0.2) is 39.8 Å². The monoisotopic (exact) mass is 399 g/mol. The van der Waals surface area contributed by atoms with E-state index >= 15 is 0 Å². The van der Waals surface area contributed by atoms with Crippen LogP contribution in [0, 0.1) is 5.92 Å². The number of carbonyl (C=O) groups is 1. The zero-order chi connectivity index (χ0) is 20.6. The summed E-state index contributed by atoms with van der Waals surface area (Å²) in [6.07, 6.45) is 2.16. The van der Waals surface area contributed by atoms with Crippen molar-refractivity contribution in [1.82, 2.24) is 10.6 Å². The number of nitrogens with two attached hydrogens (primary N) is 1. The van der Waals surface area contributed by atoms with Gasteiger partial charge in [0.15, 0.2) is 11.5 Å². The molecule has 0 bridgehead atoms. The Labute approximate surface area is 171 Å². The van der Waals surface area contributed by atoms with Crippen molar-refractivity contribution in [3.05, 3.63) is 47.5 Å². The van der Waals surface area contributed by atoms with Gasteiger partial charge in [-0.25, -0.2) is 0 Å². The third-order valence-electron chi connectivity index (χ3n) is 5.14. The summed E-state index contributed by atoms with van der Waals surface area (Å²) in [5.74, 6) is 2.63. The van der Waals surface area contributed by atoms with E-state index in [-0.39, 0.29) is 5.91 Å². The van der Waals surface area contributed by atoms with Crippen LogP contribution in [0.4, 0.5) is 0 Å². The van der Waals surface area contributed by atoms with Crippen LogP contribution in [0.1, 0.15) is 28.8 Å². The lowest BCUT2D eigenvalue weighted by atomic mass is 9.98. The Kier molecular flexibility index (Phi) is 7.32. The first-order valence-electron chi connectivity index (χ1n) is 9.86. The second-order valence-electron chi connectivity index (χ2n) is 7.05. The van der Waals surface area contributed by atoms with Gasteiger partial charge in [0, 0.05) is 30.3 Å². The summed E-state index contributed by atoms with van der Waals surface area (Å²) in [5.41, 5.74) is 7.14. The molecule has 1 saturated heterocycles. The maximum atomic E-state index is 12.6. The minimum Gasteiger partial charge on any atom is -0.496 e. The quantitative estimate of drug-likeness (QED) is 0.632.